The lowest BCUT2D eigenvalue weighted by atomic mass is 10.2. The predicted molar refractivity (Wildman–Crippen MR) is 85.3 cm³/mol. The summed E-state index contributed by atoms with van der Waals surface area (Å²) in [7, 11) is 4.14. The highest BCUT2D eigenvalue weighted by Gasteiger charge is 2.10. The molecular formula is C15H23N5. The smallest absolute Gasteiger partial charge is 0.225 e. The Labute approximate surface area is 120 Å². The Morgan fingerprint density at radius 1 is 1.20 bits per heavy atom. The molecular weight excluding hydrogens is 250 g/mol. The second kappa shape index (κ2) is 6.52. The number of benzene rings is 1. The van der Waals surface area contributed by atoms with E-state index in [9.17, 15) is 0 Å². The highest BCUT2D eigenvalue weighted by Crippen LogP contribution is 2.22. The molecule has 108 valence electrons. The molecule has 1 heterocycles. The summed E-state index contributed by atoms with van der Waals surface area (Å²) in [6.45, 7) is 5.96. The molecule has 0 amide bonds. The molecule has 2 aromatic rings. The van der Waals surface area contributed by atoms with Gasteiger partial charge in [-0.2, -0.15) is 4.98 Å². The molecule has 0 spiro atoms. The Bertz CT molecular complexity index is 567. The third kappa shape index (κ3) is 3.57. The van der Waals surface area contributed by atoms with Crippen LogP contribution < -0.4 is 10.6 Å². The molecule has 1 aromatic carbocycles. The van der Waals surface area contributed by atoms with Crippen LogP contribution in [0.5, 0.6) is 0 Å². The van der Waals surface area contributed by atoms with Crippen LogP contribution >= 0.6 is 0 Å². The minimum Gasteiger partial charge on any atom is -0.366 e. The van der Waals surface area contributed by atoms with Gasteiger partial charge in [-0.25, -0.2) is 4.98 Å². The van der Waals surface area contributed by atoms with E-state index in [1.165, 1.54) is 0 Å². The number of anilines is 2. The van der Waals surface area contributed by atoms with Crippen molar-refractivity contribution in [3.8, 4) is 0 Å². The quantitative estimate of drug-likeness (QED) is 0.846. The zero-order valence-electron chi connectivity index (χ0n) is 12.6. The zero-order valence-corrected chi connectivity index (χ0v) is 12.6. The molecule has 0 saturated carbocycles. The van der Waals surface area contributed by atoms with Crippen molar-refractivity contribution in [2.45, 2.75) is 19.9 Å². The number of fused-ring (bicyclic) bond motifs is 1. The van der Waals surface area contributed by atoms with Gasteiger partial charge >= 0.3 is 0 Å². The number of nitrogens with one attached hydrogen (secondary N) is 2. The van der Waals surface area contributed by atoms with Gasteiger partial charge in [-0.05, 0) is 40.1 Å². The van der Waals surface area contributed by atoms with E-state index in [0.717, 1.165) is 29.8 Å². The summed E-state index contributed by atoms with van der Waals surface area (Å²) in [6, 6.07) is 8.39. The first kappa shape index (κ1) is 14.5. The molecule has 5 heteroatoms. The molecule has 0 fully saturated rings. The van der Waals surface area contributed by atoms with Gasteiger partial charge in [0, 0.05) is 24.5 Å². The Morgan fingerprint density at radius 2 is 1.95 bits per heavy atom. The molecule has 2 N–H and O–H groups in total. The van der Waals surface area contributed by atoms with Crippen LogP contribution in [0.15, 0.2) is 24.3 Å². The number of rotatable bonds is 6. The highest BCUT2D eigenvalue weighted by atomic mass is 15.2. The third-order valence-corrected chi connectivity index (χ3v) is 2.96. The van der Waals surface area contributed by atoms with Crippen LogP contribution in [-0.2, 0) is 0 Å². The molecule has 0 aliphatic carbocycles. The second-order valence-corrected chi connectivity index (χ2v) is 5.25. The van der Waals surface area contributed by atoms with E-state index < -0.39 is 0 Å². The lowest BCUT2D eigenvalue weighted by Crippen LogP contribution is -2.30. The van der Waals surface area contributed by atoms with E-state index in [1.807, 2.05) is 25.1 Å². The first-order valence-electron chi connectivity index (χ1n) is 7.02. The van der Waals surface area contributed by atoms with Gasteiger partial charge in [0.2, 0.25) is 5.95 Å². The summed E-state index contributed by atoms with van der Waals surface area (Å²) >= 11 is 0. The van der Waals surface area contributed by atoms with Crippen molar-refractivity contribution < 1.29 is 0 Å². The Kier molecular flexibility index (Phi) is 4.74. The molecule has 0 aliphatic rings. The molecule has 0 saturated heterocycles. The second-order valence-electron chi connectivity index (χ2n) is 5.25. The Balaban J connectivity index is 2.34. The number of nitrogens with zero attached hydrogens (tertiary/aromatic N) is 3. The van der Waals surface area contributed by atoms with Gasteiger partial charge < -0.3 is 15.5 Å². The van der Waals surface area contributed by atoms with Crippen LogP contribution in [0, 0.1) is 0 Å². The standard InChI is InChI=1S/C15H23N5/c1-5-16-15-18-13-9-7-6-8-12(13)14(19-15)17-11(2)10-20(3)4/h6-9,11H,5,10H2,1-4H3,(H2,16,17,18,19). The minimum atomic E-state index is 0.317. The van der Waals surface area contributed by atoms with E-state index in [-0.39, 0.29) is 0 Å². The Morgan fingerprint density at radius 3 is 2.65 bits per heavy atom. The van der Waals surface area contributed by atoms with Gasteiger partial charge in [-0.3, -0.25) is 0 Å². The van der Waals surface area contributed by atoms with E-state index in [2.05, 4.69) is 52.6 Å². The zero-order chi connectivity index (χ0) is 14.5. The van der Waals surface area contributed by atoms with Crippen LogP contribution in [0.25, 0.3) is 10.9 Å². The largest absolute Gasteiger partial charge is 0.366 e. The lowest BCUT2D eigenvalue weighted by Gasteiger charge is -2.20. The molecule has 1 aromatic heterocycles. The average molecular weight is 273 g/mol. The lowest BCUT2D eigenvalue weighted by molar-refractivity contribution is 0.392. The summed E-state index contributed by atoms with van der Waals surface area (Å²) in [6.07, 6.45) is 0. The topological polar surface area (TPSA) is 53.1 Å². The summed E-state index contributed by atoms with van der Waals surface area (Å²) in [5.74, 6) is 1.56. The SMILES string of the molecule is CCNc1nc(NC(C)CN(C)C)c2ccccc2n1. The monoisotopic (exact) mass is 273 g/mol. The normalized spacial score (nSPS) is 12.7. The van der Waals surface area contributed by atoms with Crippen LogP contribution in [0.2, 0.25) is 0 Å². The average Bonchev–Trinajstić information content (AvgIpc) is 2.38. The van der Waals surface area contributed by atoms with E-state index in [1.54, 1.807) is 0 Å². The minimum absolute atomic E-state index is 0.317. The van der Waals surface area contributed by atoms with Crippen LogP contribution in [-0.4, -0.2) is 48.1 Å². The maximum absolute atomic E-state index is 4.59. The molecule has 5 nitrogen and oxygen atoms in total. The number of likely N-dealkylation sites (N-methyl/N-ethyl adjacent to an activating group) is 1. The first-order chi connectivity index (χ1) is 9.60. The maximum Gasteiger partial charge on any atom is 0.225 e. The molecule has 2 rings (SSSR count). The molecule has 20 heavy (non-hydrogen) atoms. The fourth-order valence-electron chi connectivity index (χ4n) is 2.25. The highest BCUT2D eigenvalue weighted by molar-refractivity contribution is 5.90. The molecule has 0 bridgehead atoms. The van der Waals surface area contributed by atoms with Crippen molar-refractivity contribution in [2.75, 3.05) is 37.8 Å². The van der Waals surface area contributed by atoms with Crippen LogP contribution in [0.4, 0.5) is 11.8 Å². The number of hydrogen-bond acceptors (Lipinski definition) is 5. The van der Waals surface area contributed by atoms with Gasteiger partial charge in [-0.15, -0.1) is 0 Å². The predicted octanol–water partition coefficient (Wildman–Crippen LogP) is 2.42. The first-order valence-corrected chi connectivity index (χ1v) is 7.02. The van der Waals surface area contributed by atoms with Crippen molar-refractivity contribution in [1.82, 2.24) is 14.9 Å². The summed E-state index contributed by atoms with van der Waals surface area (Å²) in [5, 5.41) is 7.72. The van der Waals surface area contributed by atoms with E-state index in [0.29, 0.717) is 12.0 Å². The van der Waals surface area contributed by atoms with Gasteiger partial charge in [0.1, 0.15) is 5.82 Å². The van der Waals surface area contributed by atoms with Gasteiger partial charge in [-0.1, -0.05) is 12.1 Å². The van der Waals surface area contributed by atoms with Crippen molar-refractivity contribution in [3.63, 3.8) is 0 Å². The number of hydrogen-bond donors (Lipinski definition) is 2. The van der Waals surface area contributed by atoms with Crippen molar-refractivity contribution >= 4 is 22.7 Å². The number of para-hydroxylation sites is 1. The molecule has 1 unspecified atom stereocenters. The van der Waals surface area contributed by atoms with E-state index >= 15 is 0 Å². The van der Waals surface area contributed by atoms with Gasteiger partial charge in [0.05, 0.1) is 5.52 Å². The fraction of sp³-hybridized carbons (Fsp3) is 0.467. The van der Waals surface area contributed by atoms with Crippen LogP contribution in [0.1, 0.15) is 13.8 Å². The Hall–Kier alpha value is -1.88. The summed E-state index contributed by atoms with van der Waals surface area (Å²) in [4.78, 5) is 11.3. The fourth-order valence-corrected chi connectivity index (χ4v) is 2.25. The van der Waals surface area contributed by atoms with Crippen molar-refractivity contribution in [2.24, 2.45) is 0 Å². The number of aromatic nitrogens is 2. The summed E-state index contributed by atoms with van der Waals surface area (Å²) in [5.41, 5.74) is 0.956. The maximum atomic E-state index is 4.59. The van der Waals surface area contributed by atoms with Crippen LogP contribution in [0.3, 0.4) is 0 Å². The van der Waals surface area contributed by atoms with Gasteiger partial charge in [0.15, 0.2) is 0 Å². The van der Waals surface area contributed by atoms with Crippen molar-refractivity contribution in [1.29, 1.82) is 0 Å². The summed E-state index contributed by atoms with van der Waals surface area (Å²) < 4.78 is 0. The van der Waals surface area contributed by atoms with E-state index in [4.69, 9.17) is 0 Å². The van der Waals surface area contributed by atoms with Gasteiger partial charge in [0.25, 0.3) is 0 Å². The molecule has 0 radical (unpaired) electrons. The third-order valence-electron chi connectivity index (χ3n) is 2.96. The van der Waals surface area contributed by atoms with Crippen molar-refractivity contribution in [3.05, 3.63) is 24.3 Å². The molecule has 1 atom stereocenters. The molecule has 0 aliphatic heterocycles.